The summed E-state index contributed by atoms with van der Waals surface area (Å²) >= 11 is 13.6. The first-order valence-electron chi connectivity index (χ1n) is 14.3. The molecule has 3 amide bonds. The summed E-state index contributed by atoms with van der Waals surface area (Å²) in [6.07, 6.45) is 1.64. The van der Waals surface area contributed by atoms with Gasteiger partial charge in [0.1, 0.15) is 10.9 Å². The molecule has 1 atom stereocenters. The highest BCUT2D eigenvalue weighted by Crippen LogP contribution is 2.37. The summed E-state index contributed by atoms with van der Waals surface area (Å²) in [5, 5.41) is 8.77. The van der Waals surface area contributed by atoms with Crippen LogP contribution < -0.4 is 16.0 Å². The molecule has 0 aliphatic carbocycles. The van der Waals surface area contributed by atoms with E-state index in [2.05, 4.69) is 16.0 Å². The largest absolute Gasteiger partial charge is 0.325 e. The number of benzene rings is 5. The lowest BCUT2D eigenvalue weighted by Crippen LogP contribution is -2.30. The van der Waals surface area contributed by atoms with Crippen LogP contribution in [-0.4, -0.2) is 17.7 Å². The first kappa shape index (κ1) is 32.6. The SMILES string of the molecule is Cc1cccc(/C=C(/NC(=O)c2ccccc2)C(=O)Nc2cccc(SC(C(=O)Nc3cc(Cl)cc(Cl)c3)c3ccccc3)c2)c1. The molecular formula is C37H29Cl2N3O3S. The zero-order valence-electron chi connectivity index (χ0n) is 24.7. The number of halogens is 2. The fourth-order valence-corrected chi connectivity index (χ4v) is 6.19. The molecule has 5 aromatic rings. The maximum absolute atomic E-state index is 13.6. The zero-order chi connectivity index (χ0) is 32.5. The summed E-state index contributed by atoms with van der Waals surface area (Å²) in [7, 11) is 0. The molecule has 46 heavy (non-hydrogen) atoms. The summed E-state index contributed by atoms with van der Waals surface area (Å²) in [5.74, 6) is -1.17. The molecular weight excluding hydrogens is 637 g/mol. The lowest BCUT2D eigenvalue weighted by atomic mass is 10.1. The molecule has 0 aliphatic heterocycles. The van der Waals surface area contributed by atoms with Crippen LogP contribution in [0.5, 0.6) is 0 Å². The van der Waals surface area contributed by atoms with E-state index in [0.717, 1.165) is 21.6 Å². The van der Waals surface area contributed by atoms with Gasteiger partial charge in [0.25, 0.3) is 11.8 Å². The Balaban J connectivity index is 1.38. The Labute approximate surface area is 281 Å². The highest BCUT2D eigenvalue weighted by molar-refractivity contribution is 8.00. The molecule has 0 fully saturated rings. The van der Waals surface area contributed by atoms with Gasteiger partial charge < -0.3 is 16.0 Å². The molecule has 5 aromatic carbocycles. The molecule has 3 N–H and O–H groups in total. The normalized spacial score (nSPS) is 11.8. The average Bonchev–Trinajstić information content (AvgIpc) is 3.04. The minimum atomic E-state index is -0.633. The lowest BCUT2D eigenvalue weighted by molar-refractivity contribution is -0.116. The Morgan fingerprint density at radius 3 is 2.07 bits per heavy atom. The van der Waals surface area contributed by atoms with E-state index in [1.807, 2.05) is 73.7 Å². The van der Waals surface area contributed by atoms with Gasteiger partial charge in [-0.2, -0.15) is 0 Å². The molecule has 5 rings (SSSR count). The van der Waals surface area contributed by atoms with Crippen LogP contribution in [-0.2, 0) is 9.59 Å². The molecule has 9 heteroatoms. The number of thioether (sulfide) groups is 1. The fourth-order valence-electron chi connectivity index (χ4n) is 4.59. The molecule has 230 valence electrons. The Bertz CT molecular complexity index is 1880. The third-order valence-corrected chi connectivity index (χ3v) is 8.38. The fraction of sp³-hybridized carbons (Fsp3) is 0.0541. The summed E-state index contributed by atoms with van der Waals surface area (Å²) in [6, 6.07) is 37.7. The molecule has 0 spiro atoms. The third kappa shape index (κ3) is 9.11. The number of nitrogens with one attached hydrogen (secondary N) is 3. The summed E-state index contributed by atoms with van der Waals surface area (Å²) in [5.41, 5.74) is 4.06. The number of carbonyl (C=O) groups excluding carboxylic acids is 3. The van der Waals surface area contributed by atoms with Crippen molar-refractivity contribution >= 4 is 70.1 Å². The van der Waals surface area contributed by atoms with Crippen LogP contribution in [0, 0.1) is 6.92 Å². The van der Waals surface area contributed by atoms with E-state index in [-0.39, 0.29) is 11.6 Å². The molecule has 0 aliphatic rings. The second-order valence-corrected chi connectivity index (χ2v) is 12.4. The van der Waals surface area contributed by atoms with E-state index < -0.39 is 17.1 Å². The second-order valence-electron chi connectivity index (χ2n) is 10.3. The van der Waals surface area contributed by atoms with E-state index in [1.54, 1.807) is 66.7 Å². The van der Waals surface area contributed by atoms with Crippen molar-refractivity contribution in [3.05, 3.63) is 165 Å². The first-order chi connectivity index (χ1) is 22.2. The molecule has 0 saturated carbocycles. The maximum atomic E-state index is 13.6. The monoisotopic (exact) mass is 665 g/mol. The zero-order valence-corrected chi connectivity index (χ0v) is 27.0. The van der Waals surface area contributed by atoms with Crippen molar-refractivity contribution in [1.82, 2.24) is 5.32 Å². The van der Waals surface area contributed by atoms with Gasteiger partial charge in [0.2, 0.25) is 5.91 Å². The van der Waals surface area contributed by atoms with Crippen molar-refractivity contribution in [3.8, 4) is 0 Å². The Morgan fingerprint density at radius 1 is 0.696 bits per heavy atom. The number of anilines is 2. The number of aryl methyl sites for hydroxylation is 1. The van der Waals surface area contributed by atoms with Gasteiger partial charge in [0, 0.05) is 31.9 Å². The van der Waals surface area contributed by atoms with Crippen molar-refractivity contribution in [2.75, 3.05) is 10.6 Å². The number of hydrogen-bond acceptors (Lipinski definition) is 4. The number of rotatable bonds is 10. The van der Waals surface area contributed by atoms with Gasteiger partial charge >= 0.3 is 0 Å². The van der Waals surface area contributed by atoms with Crippen LogP contribution in [0.3, 0.4) is 0 Å². The van der Waals surface area contributed by atoms with Crippen LogP contribution in [0.2, 0.25) is 10.0 Å². The summed E-state index contributed by atoms with van der Waals surface area (Å²) in [4.78, 5) is 40.9. The van der Waals surface area contributed by atoms with Crippen LogP contribution >= 0.6 is 35.0 Å². The standard InChI is InChI=1S/C37H29Cl2N3O3S/c1-24-10-8-11-25(18-24)19-33(42-35(43)27-14-6-3-7-15-27)36(44)40-30-16-9-17-32(23-30)46-34(26-12-4-2-5-13-26)37(45)41-31-21-28(38)20-29(39)22-31/h2-23,34H,1H3,(H,40,44)(H,41,45)(H,42,43)/b33-19+. The van der Waals surface area contributed by atoms with Gasteiger partial charge in [0.15, 0.2) is 0 Å². The van der Waals surface area contributed by atoms with Crippen LogP contribution in [0.1, 0.15) is 32.3 Å². The average molecular weight is 667 g/mol. The van der Waals surface area contributed by atoms with Crippen LogP contribution in [0.4, 0.5) is 11.4 Å². The van der Waals surface area contributed by atoms with E-state index >= 15 is 0 Å². The van der Waals surface area contributed by atoms with E-state index in [0.29, 0.717) is 27.0 Å². The molecule has 1 unspecified atom stereocenters. The number of carbonyl (C=O) groups is 3. The Kier molecular flexibility index (Phi) is 10.9. The Hall–Kier alpha value is -4.82. The number of amides is 3. The van der Waals surface area contributed by atoms with Crippen molar-refractivity contribution in [1.29, 1.82) is 0 Å². The van der Waals surface area contributed by atoms with E-state index in [4.69, 9.17) is 23.2 Å². The second kappa shape index (κ2) is 15.5. The van der Waals surface area contributed by atoms with E-state index in [9.17, 15) is 14.4 Å². The molecule has 0 aromatic heterocycles. The first-order valence-corrected chi connectivity index (χ1v) is 15.9. The summed E-state index contributed by atoms with van der Waals surface area (Å²) in [6.45, 7) is 1.95. The van der Waals surface area contributed by atoms with Crippen LogP contribution in [0.25, 0.3) is 6.08 Å². The van der Waals surface area contributed by atoms with Gasteiger partial charge in [-0.15, -0.1) is 11.8 Å². The smallest absolute Gasteiger partial charge is 0.272 e. The highest BCUT2D eigenvalue weighted by Gasteiger charge is 2.23. The van der Waals surface area contributed by atoms with Gasteiger partial charge in [-0.1, -0.05) is 108 Å². The Morgan fingerprint density at radius 2 is 1.37 bits per heavy atom. The van der Waals surface area contributed by atoms with Gasteiger partial charge in [-0.3, -0.25) is 14.4 Å². The van der Waals surface area contributed by atoms with Crippen LogP contribution in [0.15, 0.2) is 138 Å². The minimum Gasteiger partial charge on any atom is -0.325 e. The van der Waals surface area contributed by atoms with Gasteiger partial charge in [-0.05, 0) is 72.7 Å². The molecule has 0 radical (unpaired) electrons. The maximum Gasteiger partial charge on any atom is 0.272 e. The van der Waals surface area contributed by atoms with Crippen molar-refractivity contribution < 1.29 is 14.4 Å². The third-order valence-electron chi connectivity index (χ3n) is 6.70. The predicted octanol–water partition coefficient (Wildman–Crippen LogP) is 9.18. The quantitative estimate of drug-likeness (QED) is 0.103. The van der Waals surface area contributed by atoms with Gasteiger partial charge in [-0.25, -0.2) is 0 Å². The van der Waals surface area contributed by atoms with Gasteiger partial charge in [0.05, 0.1) is 0 Å². The minimum absolute atomic E-state index is 0.0826. The summed E-state index contributed by atoms with van der Waals surface area (Å²) < 4.78 is 0. The van der Waals surface area contributed by atoms with Crippen molar-refractivity contribution in [2.24, 2.45) is 0 Å². The highest BCUT2D eigenvalue weighted by atomic mass is 35.5. The molecule has 0 heterocycles. The molecule has 0 saturated heterocycles. The topological polar surface area (TPSA) is 87.3 Å². The molecule has 6 nitrogen and oxygen atoms in total. The molecule has 0 bridgehead atoms. The number of hydrogen-bond donors (Lipinski definition) is 3. The van der Waals surface area contributed by atoms with Crippen molar-refractivity contribution in [2.45, 2.75) is 17.1 Å². The van der Waals surface area contributed by atoms with Crippen molar-refractivity contribution in [3.63, 3.8) is 0 Å². The predicted molar refractivity (Wildman–Crippen MR) is 188 cm³/mol. The van der Waals surface area contributed by atoms with E-state index in [1.165, 1.54) is 11.8 Å². The lowest BCUT2D eigenvalue weighted by Gasteiger charge is -2.18.